The van der Waals surface area contributed by atoms with Gasteiger partial charge in [-0.25, -0.2) is 9.79 Å². The van der Waals surface area contributed by atoms with Crippen molar-refractivity contribution in [1.82, 2.24) is 4.57 Å². The van der Waals surface area contributed by atoms with Crippen LogP contribution in [0.25, 0.3) is 6.08 Å². The lowest BCUT2D eigenvalue weighted by Crippen LogP contribution is -2.40. The number of hydrogen-bond acceptors (Lipinski definition) is 8. The van der Waals surface area contributed by atoms with Gasteiger partial charge in [-0.05, 0) is 72.0 Å². The molecule has 11 heteroatoms. The minimum atomic E-state index is -1.01. The van der Waals surface area contributed by atoms with Gasteiger partial charge in [0.15, 0.2) is 16.3 Å². The van der Waals surface area contributed by atoms with Gasteiger partial charge in [0.2, 0.25) is 0 Å². The van der Waals surface area contributed by atoms with Crippen LogP contribution in [-0.2, 0) is 11.4 Å². The van der Waals surface area contributed by atoms with Crippen LogP contribution >= 0.6 is 22.7 Å². The molecule has 0 spiro atoms. The van der Waals surface area contributed by atoms with Crippen LogP contribution in [0.3, 0.4) is 0 Å². The van der Waals surface area contributed by atoms with E-state index in [0.717, 1.165) is 4.88 Å². The maximum atomic E-state index is 13.9. The number of hydrogen-bond donors (Lipinski definition) is 2. The smallest absolute Gasteiger partial charge is 0.335 e. The highest BCUT2D eigenvalue weighted by Gasteiger charge is 2.33. The van der Waals surface area contributed by atoms with Crippen molar-refractivity contribution in [1.29, 1.82) is 0 Å². The zero-order valence-electron chi connectivity index (χ0n) is 24.2. The Morgan fingerprint density at radius 1 is 1.02 bits per heavy atom. The molecule has 226 valence electrons. The van der Waals surface area contributed by atoms with Gasteiger partial charge in [0.25, 0.3) is 11.5 Å². The molecule has 9 nitrogen and oxygen atoms in total. The molecule has 0 saturated carbocycles. The second-order valence-corrected chi connectivity index (χ2v) is 12.1. The summed E-state index contributed by atoms with van der Waals surface area (Å²) in [6, 6.07) is 24.2. The molecule has 1 amide bonds. The van der Waals surface area contributed by atoms with Gasteiger partial charge in [0.05, 0.1) is 28.5 Å². The van der Waals surface area contributed by atoms with Crippen LogP contribution in [-0.4, -0.2) is 28.7 Å². The van der Waals surface area contributed by atoms with Crippen molar-refractivity contribution >= 4 is 46.3 Å². The first kappa shape index (κ1) is 29.8. The summed E-state index contributed by atoms with van der Waals surface area (Å²) < 4.78 is 13.5. The Bertz CT molecular complexity index is 2110. The van der Waals surface area contributed by atoms with Gasteiger partial charge in [0, 0.05) is 10.6 Å². The molecule has 0 bridgehead atoms. The van der Waals surface area contributed by atoms with Crippen LogP contribution in [0.5, 0.6) is 11.5 Å². The summed E-state index contributed by atoms with van der Waals surface area (Å²) >= 11 is 2.73. The summed E-state index contributed by atoms with van der Waals surface area (Å²) in [7, 11) is 1.52. The Balaban J connectivity index is 1.33. The third-order valence-corrected chi connectivity index (χ3v) is 9.07. The number of allylic oxidation sites excluding steroid dienone is 1. The van der Waals surface area contributed by atoms with E-state index in [4.69, 9.17) is 14.5 Å². The fourth-order valence-electron chi connectivity index (χ4n) is 5.05. The summed E-state index contributed by atoms with van der Waals surface area (Å²) in [5.41, 5.74) is 2.95. The van der Waals surface area contributed by atoms with E-state index in [0.29, 0.717) is 48.9 Å². The molecular formula is C34H27N3O6S2. The van der Waals surface area contributed by atoms with E-state index in [2.05, 4.69) is 5.32 Å². The molecular weight excluding hydrogens is 611 g/mol. The number of carbonyl (C=O) groups excluding carboxylic acids is 1. The molecule has 1 aliphatic rings. The molecule has 0 unspecified atom stereocenters. The van der Waals surface area contributed by atoms with Crippen molar-refractivity contribution in [3.63, 3.8) is 0 Å². The molecule has 0 saturated heterocycles. The largest absolute Gasteiger partial charge is 0.493 e. The molecule has 3 heterocycles. The summed E-state index contributed by atoms with van der Waals surface area (Å²) in [4.78, 5) is 44.9. The molecule has 0 aliphatic carbocycles. The van der Waals surface area contributed by atoms with Crippen LogP contribution in [0.4, 0.5) is 5.69 Å². The lowest BCUT2D eigenvalue weighted by atomic mass is 10.0. The third kappa shape index (κ3) is 6.21. The van der Waals surface area contributed by atoms with Crippen molar-refractivity contribution in [2.24, 2.45) is 4.99 Å². The van der Waals surface area contributed by atoms with E-state index in [9.17, 15) is 19.5 Å². The number of nitrogens with zero attached hydrogens (tertiary/aromatic N) is 2. The fourth-order valence-corrected chi connectivity index (χ4v) is 6.92. The third-order valence-electron chi connectivity index (χ3n) is 7.16. The summed E-state index contributed by atoms with van der Waals surface area (Å²) in [6.07, 6.45) is 1.76. The first-order valence-corrected chi connectivity index (χ1v) is 15.6. The number of aromatic carboxylic acids is 1. The maximum Gasteiger partial charge on any atom is 0.335 e. The number of methoxy groups -OCH3 is 1. The van der Waals surface area contributed by atoms with E-state index >= 15 is 0 Å². The van der Waals surface area contributed by atoms with Gasteiger partial charge in [-0.3, -0.25) is 14.2 Å². The molecule has 2 aromatic heterocycles. The molecule has 1 atom stereocenters. The maximum absolute atomic E-state index is 13.9. The highest BCUT2D eigenvalue weighted by molar-refractivity contribution is 7.10. The van der Waals surface area contributed by atoms with Crippen molar-refractivity contribution in [3.05, 3.63) is 143 Å². The minimum absolute atomic E-state index is 0.150. The SMILES string of the molecule is COc1cc(/C=c2\sc3n(c2=O)[C@@H](c2cccs2)C(C(=O)Nc2ccccc2)=C(C)N=3)ccc1OCc1cccc(C(=O)O)c1. The number of thiazole rings is 1. The summed E-state index contributed by atoms with van der Waals surface area (Å²) in [5.74, 6) is -0.393. The first-order chi connectivity index (χ1) is 21.8. The van der Waals surface area contributed by atoms with Crippen LogP contribution in [0.1, 0.15) is 39.3 Å². The normalized spacial score (nSPS) is 14.4. The number of carboxylic acid groups (broad SMARTS) is 1. The number of carboxylic acids is 1. The van der Waals surface area contributed by atoms with Gasteiger partial charge in [0.1, 0.15) is 12.6 Å². The first-order valence-electron chi connectivity index (χ1n) is 13.9. The number of aromatic nitrogens is 1. The number of amides is 1. The number of rotatable bonds is 9. The second kappa shape index (κ2) is 12.8. The number of para-hydroxylation sites is 1. The molecule has 5 aromatic rings. The van der Waals surface area contributed by atoms with E-state index in [-0.39, 0.29) is 23.6 Å². The lowest BCUT2D eigenvalue weighted by molar-refractivity contribution is -0.113. The van der Waals surface area contributed by atoms with Gasteiger partial charge in [-0.1, -0.05) is 53.8 Å². The number of thiophene rings is 1. The summed E-state index contributed by atoms with van der Waals surface area (Å²) in [5, 5.41) is 14.1. The van der Waals surface area contributed by atoms with Gasteiger partial charge < -0.3 is 19.9 Å². The van der Waals surface area contributed by atoms with Crippen molar-refractivity contribution in [2.45, 2.75) is 19.6 Å². The lowest BCUT2D eigenvalue weighted by Gasteiger charge is -2.24. The topological polar surface area (TPSA) is 119 Å². The van der Waals surface area contributed by atoms with Crippen LogP contribution in [0.15, 0.2) is 111 Å². The number of fused-ring (bicyclic) bond motifs is 1. The zero-order valence-corrected chi connectivity index (χ0v) is 25.9. The molecule has 0 radical (unpaired) electrons. The van der Waals surface area contributed by atoms with E-state index in [1.54, 1.807) is 47.9 Å². The highest BCUT2D eigenvalue weighted by atomic mass is 32.1. The quantitative estimate of drug-likeness (QED) is 0.229. The number of ether oxygens (including phenoxy) is 2. The Morgan fingerprint density at radius 2 is 1.84 bits per heavy atom. The molecule has 2 N–H and O–H groups in total. The molecule has 1 aliphatic heterocycles. The minimum Gasteiger partial charge on any atom is -0.493 e. The van der Waals surface area contributed by atoms with Gasteiger partial charge >= 0.3 is 5.97 Å². The molecule has 0 fully saturated rings. The summed E-state index contributed by atoms with van der Waals surface area (Å²) in [6.45, 7) is 1.94. The van der Waals surface area contributed by atoms with Crippen molar-refractivity contribution < 1.29 is 24.2 Å². The van der Waals surface area contributed by atoms with Crippen LogP contribution in [0.2, 0.25) is 0 Å². The molecule has 45 heavy (non-hydrogen) atoms. The average molecular weight is 638 g/mol. The predicted octanol–water partition coefficient (Wildman–Crippen LogP) is 5.22. The van der Waals surface area contributed by atoms with Crippen LogP contribution < -0.4 is 29.7 Å². The van der Waals surface area contributed by atoms with Gasteiger partial charge in [-0.15, -0.1) is 11.3 Å². The Labute approximate surface area is 265 Å². The molecule has 3 aromatic carbocycles. The van der Waals surface area contributed by atoms with E-state index in [1.165, 1.54) is 35.8 Å². The van der Waals surface area contributed by atoms with Crippen molar-refractivity contribution in [2.75, 3.05) is 12.4 Å². The van der Waals surface area contributed by atoms with E-state index < -0.39 is 12.0 Å². The van der Waals surface area contributed by atoms with Crippen LogP contribution in [0, 0.1) is 0 Å². The zero-order chi connectivity index (χ0) is 31.5. The fraction of sp³-hybridized carbons (Fsp3) is 0.118. The highest BCUT2D eigenvalue weighted by Crippen LogP contribution is 2.33. The van der Waals surface area contributed by atoms with Gasteiger partial charge in [-0.2, -0.15) is 0 Å². The number of benzene rings is 3. The number of nitrogens with one attached hydrogen (secondary N) is 1. The predicted molar refractivity (Wildman–Crippen MR) is 174 cm³/mol. The van der Waals surface area contributed by atoms with E-state index in [1.807, 2.05) is 53.9 Å². The number of anilines is 1. The Morgan fingerprint density at radius 3 is 2.58 bits per heavy atom. The molecule has 6 rings (SSSR count). The average Bonchev–Trinajstić information content (AvgIpc) is 3.68. The second-order valence-electron chi connectivity index (χ2n) is 10.1. The monoisotopic (exact) mass is 637 g/mol. The standard InChI is InChI=1S/C34H27N3O6S2/c1-20-29(31(38)36-24-10-4-3-5-11-24)30(27-12-7-15-44-27)37-32(39)28(45-34(37)35-20)18-21-13-14-25(26(17-21)42-2)43-19-22-8-6-9-23(16-22)33(40)41/h3-18,30H,19H2,1-2H3,(H,36,38)(H,40,41)/b28-18-/t30-/m0/s1. The Hall–Kier alpha value is -5.26. The van der Waals surface area contributed by atoms with Crippen molar-refractivity contribution in [3.8, 4) is 11.5 Å². The number of carbonyl (C=O) groups is 2. The Kier molecular flexibility index (Phi) is 8.45.